The second kappa shape index (κ2) is 6.88. The molecule has 0 spiro atoms. The molecule has 8 heteroatoms. The van der Waals surface area contributed by atoms with Crippen LogP contribution in [-0.2, 0) is 9.47 Å². The Labute approximate surface area is 161 Å². The minimum Gasteiger partial charge on any atom is -0.491 e. The van der Waals surface area contributed by atoms with E-state index in [-0.39, 0.29) is 11.8 Å². The molecule has 1 aliphatic heterocycles. The van der Waals surface area contributed by atoms with Crippen molar-refractivity contribution in [3.63, 3.8) is 0 Å². The summed E-state index contributed by atoms with van der Waals surface area (Å²) in [6.45, 7) is 6.27. The van der Waals surface area contributed by atoms with Gasteiger partial charge in [0.05, 0.1) is 18.0 Å². The molecule has 146 valence electrons. The molecule has 3 heterocycles. The minimum absolute atomic E-state index is 0.0604. The zero-order valence-corrected chi connectivity index (χ0v) is 15.9. The lowest BCUT2D eigenvalue weighted by molar-refractivity contribution is -0.141. The maximum absolute atomic E-state index is 11.5. The molecule has 0 radical (unpaired) electrons. The van der Waals surface area contributed by atoms with Gasteiger partial charge in [0.15, 0.2) is 17.1 Å². The van der Waals surface area contributed by atoms with Crippen LogP contribution in [0.4, 0.5) is 0 Å². The Balaban J connectivity index is 1.57. The van der Waals surface area contributed by atoms with E-state index >= 15 is 0 Å². The summed E-state index contributed by atoms with van der Waals surface area (Å²) in [5.41, 5.74) is 2.42. The molecule has 0 saturated carbocycles. The molecule has 8 nitrogen and oxygen atoms in total. The molecule has 1 atom stereocenters. The number of aryl methyl sites for hydroxylation is 1. The molecule has 0 unspecified atom stereocenters. The van der Waals surface area contributed by atoms with E-state index in [1.165, 1.54) is 4.52 Å². The third-order valence-electron chi connectivity index (χ3n) is 4.49. The van der Waals surface area contributed by atoms with Crippen molar-refractivity contribution in [2.24, 2.45) is 0 Å². The molecule has 1 N–H and O–H groups in total. The highest BCUT2D eigenvalue weighted by atomic mass is 16.7. The van der Waals surface area contributed by atoms with Crippen molar-refractivity contribution in [3.05, 3.63) is 47.8 Å². The van der Waals surface area contributed by atoms with Crippen LogP contribution >= 0.6 is 0 Å². The Bertz CT molecular complexity index is 1040. The van der Waals surface area contributed by atoms with Crippen LogP contribution in [0.2, 0.25) is 0 Å². The summed E-state index contributed by atoms with van der Waals surface area (Å²) in [5, 5.41) is 13.9. The molecule has 2 aromatic heterocycles. The first kappa shape index (κ1) is 18.4. The van der Waals surface area contributed by atoms with Crippen LogP contribution in [0.5, 0.6) is 5.75 Å². The molecule has 28 heavy (non-hydrogen) atoms. The number of ether oxygens (including phenoxy) is 3. The number of carboxylic acid groups (broad SMARTS) is 1. The smallest absolute Gasteiger partial charge is 0.356 e. The molecular formula is C20H21N3O5. The summed E-state index contributed by atoms with van der Waals surface area (Å²) in [6.07, 6.45) is -0.125. The molecule has 1 aliphatic rings. The van der Waals surface area contributed by atoms with Crippen LogP contribution in [0.3, 0.4) is 0 Å². The van der Waals surface area contributed by atoms with Gasteiger partial charge in [-0.05, 0) is 45.0 Å². The Morgan fingerprint density at radius 2 is 2.18 bits per heavy atom. The molecule has 1 fully saturated rings. The number of rotatable bonds is 5. The van der Waals surface area contributed by atoms with Gasteiger partial charge >= 0.3 is 5.97 Å². The monoisotopic (exact) mass is 383 g/mol. The number of hydrogen-bond donors (Lipinski definition) is 1. The predicted molar refractivity (Wildman–Crippen MR) is 101 cm³/mol. The van der Waals surface area contributed by atoms with Gasteiger partial charge in [-0.15, -0.1) is 0 Å². The summed E-state index contributed by atoms with van der Waals surface area (Å²) in [5.74, 6) is -0.971. The number of benzene rings is 1. The third kappa shape index (κ3) is 3.56. The average molecular weight is 383 g/mol. The van der Waals surface area contributed by atoms with Gasteiger partial charge in [-0.25, -0.2) is 14.3 Å². The molecular weight excluding hydrogens is 362 g/mol. The Morgan fingerprint density at radius 3 is 2.89 bits per heavy atom. The van der Waals surface area contributed by atoms with E-state index in [9.17, 15) is 9.90 Å². The van der Waals surface area contributed by atoms with Crippen molar-refractivity contribution in [1.29, 1.82) is 0 Å². The highest BCUT2D eigenvalue weighted by Gasteiger charge is 2.33. The molecule has 0 bridgehead atoms. The Morgan fingerprint density at radius 1 is 1.36 bits per heavy atom. The van der Waals surface area contributed by atoms with Crippen LogP contribution in [0.25, 0.3) is 16.9 Å². The first-order valence-electron chi connectivity index (χ1n) is 8.97. The molecule has 0 amide bonds. The fraction of sp³-hybridized carbons (Fsp3) is 0.350. The lowest BCUT2D eigenvalue weighted by atomic mass is 10.1. The van der Waals surface area contributed by atoms with Crippen molar-refractivity contribution < 1.29 is 24.1 Å². The van der Waals surface area contributed by atoms with Crippen LogP contribution in [0.15, 0.2) is 36.4 Å². The molecule has 4 rings (SSSR count). The lowest BCUT2D eigenvalue weighted by Crippen LogP contribution is -2.25. The number of carboxylic acids is 1. The van der Waals surface area contributed by atoms with E-state index in [2.05, 4.69) is 10.1 Å². The molecule has 0 aliphatic carbocycles. The van der Waals surface area contributed by atoms with Crippen molar-refractivity contribution in [1.82, 2.24) is 14.6 Å². The minimum atomic E-state index is -1.06. The number of nitrogens with zero attached hydrogens (tertiary/aromatic N) is 3. The van der Waals surface area contributed by atoms with Gasteiger partial charge in [0, 0.05) is 5.56 Å². The summed E-state index contributed by atoms with van der Waals surface area (Å²) in [6, 6.07) is 11.0. The van der Waals surface area contributed by atoms with E-state index in [1.807, 2.05) is 44.2 Å². The second-order valence-electron chi connectivity index (χ2n) is 7.13. The maximum atomic E-state index is 11.5. The lowest BCUT2D eigenvalue weighted by Gasteiger charge is -2.17. The quantitative estimate of drug-likeness (QED) is 0.724. The molecule has 1 aromatic carbocycles. The number of fused-ring (bicyclic) bond motifs is 1. The van der Waals surface area contributed by atoms with E-state index in [0.717, 1.165) is 5.56 Å². The van der Waals surface area contributed by atoms with E-state index in [0.29, 0.717) is 36.0 Å². The van der Waals surface area contributed by atoms with Gasteiger partial charge in [-0.3, -0.25) is 0 Å². The number of carbonyl (C=O) groups is 1. The summed E-state index contributed by atoms with van der Waals surface area (Å²) < 4.78 is 18.5. The van der Waals surface area contributed by atoms with Gasteiger partial charge in [-0.2, -0.15) is 5.10 Å². The predicted octanol–water partition coefficient (Wildman–Crippen LogP) is 2.93. The normalized spacial score (nSPS) is 18.5. The van der Waals surface area contributed by atoms with Gasteiger partial charge in [-0.1, -0.05) is 12.1 Å². The zero-order valence-electron chi connectivity index (χ0n) is 15.9. The number of hydrogen-bond acceptors (Lipinski definition) is 6. The summed E-state index contributed by atoms with van der Waals surface area (Å²) >= 11 is 0. The fourth-order valence-electron chi connectivity index (χ4n) is 3.22. The zero-order chi connectivity index (χ0) is 19.9. The Kier molecular flexibility index (Phi) is 4.52. The maximum Gasteiger partial charge on any atom is 0.356 e. The highest BCUT2D eigenvalue weighted by Crippen LogP contribution is 2.26. The standard InChI is InChI=1S/C20H21N3O5/c1-12-18(19(24)25)23-17(21-12)8-7-16(22-23)13-5-4-6-14(9-13)26-10-15-11-27-20(2,3)28-15/h4-9,15H,10-11H2,1-3H3,(H,24,25)/t15-/m1/s1. The molecule has 3 aromatic rings. The van der Waals surface area contributed by atoms with Crippen molar-refractivity contribution in [2.75, 3.05) is 13.2 Å². The van der Waals surface area contributed by atoms with Crippen LogP contribution in [-0.4, -0.2) is 50.8 Å². The van der Waals surface area contributed by atoms with Crippen LogP contribution < -0.4 is 4.74 Å². The second-order valence-corrected chi connectivity index (χ2v) is 7.13. The van der Waals surface area contributed by atoms with Crippen molar-refractivity contribution in [3.8, 4) is 17.0 Å². The van der Waals surface area contributed by atoms with E-state index in [1.54, 1.807) is 13.0 Å². The average Bonchev–Trinajstić information content (AvgIpc) is 3.17. The summed E-state index contributed by atoms with van der Waals surface area (Å²) in [7, 11) is 0. The van der Waals surface area contributed by atoms with Crippen LogP contribution in [0.1, 0.15) is 30.0 Å². The number of aromatic nitrogens is 3. The molecule has 1 saturated heterocycles. The SMILES string of the molecule is Cc1nc2ccc(-c3cccc(OC[C@@H]4COC(C)(C)O4)c3)nn2c1C(=O)O. The van der Waals surface area contributed by atoms with E-state index in [4.69, 9.17) is 14.2 Å². The van der Waals surface area contributed by atoms with E-state index < -0.39 is 11.8 Å². The highest BCUT2D eigenvalue weighted by molar-refractivity contribution is 5.88. The van der Waals surface area contributed by atoms with Crippen molar-refractivity contribution in [2.45, 2.75) is 32.7 Å². The Hall–Kier alpha value is -2.97. The van der Waals surface area contributed by atoms with Gasteiger partial charge in [0.1, 0.15) is 18.5 Å². The number of aromatic carboxylic acids is 1. The number of imidazole rings is 1. The van der Waals surface area contributed by atoms with Crippen molar-refractivity contribution >= 4 is 11.6 Å². The van der Waals surface area contributed by atoms with Gasteiger partial charge < -0.3 is 19.3 Å². The summed E-state index contributed by atoms with van der Waals surface area (Å²) in [4.78, 5) is 15.8. The fourth-order valence-corrected chi connectivity index (χ4v) is 3.22. The first-order valence-corrected chi connectivity index (χ1v) is 8.97. The first-order chi connectivity index (χ1) is 13.3. The van der Waals surface area contributed by atoms with Crippen LogP contribution in [0, 0.1) is 6.92 Å². The van der Waals surface area contributed by atoms with Gasteiger partial charge in [0.25, 0.3) is 0 Å². The van der Waals surface area contributed by atoms with Gasteiger partial charge in [0.2, 0.25) is 0 Å². The largest absolute Gasteiger partial charge is 0.491 e. The third-order valence-corrected chi connectivity index (χ3v) is 4.49. The topological polar surface area (TPSA) is 95.2 Å².